The molecule has 0 saturated heterocycles. The molecule has 0 aliphatic carbocycles. The lowest BCUT2D eigenvalue weighted by molar-refractivity contribution is 0.301. The molecule has 0 aliphatic heterocycles. The van der Waals surface area contributed by atoms with Crippen molar-refractivity contribution in [2.45, 2.75) is 39.3 Å². The summed E-state index contributed by atoms with van der Waals surface area (Å²) in [5.74, 6) is 1.34. The Morgan fingerprint density at radius 1 is 1.05 bits per heavy atom. The minimum Gasteiger partial charge on any atom is -0.489 e. The number of ether oxygens (including phenoxy) is 1. The van der Waals surface area contributed by atoms with Gasteiger partial charge in [-0.1, -0.05) is 49.7 Å². The Hall–Kier alpha value is -1.51. The van der Waals surface area contributed by atoms with Crippen LogP contribution in [0.5, 0.6) is 5.75 Å². The van der Waals surface area contributed by atoms with Crippen LogP contribution in [0.2, 0.25) is 5.02 Å². The van der Waals surface area contributed by atoms with E-state index in [2.05, 4.69) is 38.1 Å². The van der Waals surface area contributed by atoms with Gasteiger partial charge in [-0.05, 0) is 42.2 Å². The van der Waals surface area contributed by atoms with Gasteiger partial charge in [-0.2, -0.15) is 0 Å². The second-order valence-electron chi connectivity index (χ2n) is 5.66. The first-order chi connectivity index (χ1) is 9.97. The molecule has 112 valence electrons. The van der Waals surface area contributed by atoms with Crippen LogP contribution in [0.1, 0.15) is 49.4 Å². The molecule has 2 aromatic carbocycles. The highest BCUT2D eigenvalue weighted by Gasteiger charge is 2.09. The lowest BCUT2D eigenvalue weighted by Gasteiger charge is -2.15. The first kappa shape index (κ1) is 15.9. The Balaban J connectivity index is 2.09. The van der Waals surface area contributed by atoms with Crippen molar-refractivity contribution in [3.05, 3.63) is 64.2 Å². The van der Waals surface area contributed by atoms with Crippen molar-refractivity contribution in [3.8, 4) is 5.75 Å². The van der Waals surface area contributed by atoms with Gasteiger partial charge < -0.3 is 10.5 Å². The standard InChI is InChI=1S/C18H22ClNO/c1-12(2)15-6-4-14(5-7-15)11-21-18-9-8-16(19)10-17(18)13(3)20/h4-10,12-13H,11,20H2,1-3H3/t13-/m1/s1. The predicted molar refractivity (Wildman–Crippen MR) is 88.9 cm³/mol. The quantitative estimate of drug-likeness (QED) is 0.837. The molecule has 2 aromatic rings. The highest BCUT2D eigenvalue weighted by molar-refractivity contribution is 6.30. The molecule has 0 heterocycles. The number of nitrogens with two attached hydrogens (primary N) is 1. The first-order valence-electron chi connectivity index (χ1n) is 7.24. The largest absolute Gasteiger partial charge is 0.489 e. The minimum atomic E-state index is -0.109. The minimum absolute atomic E-state index is 0.109. The van der Waals surface area contributed by atoms with Gasteiger partial charge in [-0.15, -0.1) is 0 Å². The monoisotopic (exact) mass is 303 g/mol. The van der Waals surface area contributed by atoms with Crippen LogP contribution >= 0.6 is 11.6 Å². The summed E-state index contributed by atoms with van der Waals surface area (Å²) in [6.45, 7) is 6.83. The van der Waals surface area contributed by atoms with Crippen LogP contribution in [0.4, 0.5) is 0 Å². The molecule has 21 heavy (non-hydrogen) atoms. The molecule has 3 heteroatoms. The zero-order chi connectivity index (χ0) is 15.4. The van der Waals surface area contributed by atoms with Crippen molar-refractivity contribution in [2.75, 3.05) is 0 Å². The Morgan fingerprint density at radius 3 is 2.29 bits per heavy atom. The van der Waals surface area contributed by atoms with Gasteiger partial charge in [0.25, 0.3) is 0 Å². The van der Waals surface area contributed by atoms with E-state index in [4.69, 9.17) is 22.1 Å². The molecule has 0 fully saturated rings. The molecule has 2 rings (SSSR count). The summed E-state index contributed by atoms with van der Waals surface area (Å²) in [6.07, 6.45) is 0. The molecule has 0 aromatic heterocycles. The highest BCUT2D eigenvalue weighted by Crippen LogP contribution is 2.28. The summed E-state index contributed by atoms with van der Waals surface area (Å²) in [5, 5.41) is 0.677. The molecule has 1 atom stereocenters. The lowest BCUT2D eigenvalue weighted by Crippen LogP contribution is -2.08. The Labute approximate surface area is 131 Å². The molecule has 2 nitrogen and oxygen atoms in total. The second kappa shape index (κ2) is 6.97. The van der Waals surface area contributed by atoms with Crippen molar-refractivity contribution < 1.29 is 4.74 Å². The Morgan fingerprint density at radius 2 is 1.71 bits per heavy atom. The van der Waals surface area contributed by atoms with Gasteiger partial charge in [0.1, 0.15) is 12.4 Å². The van der Waals surface area contributed by atoms with E-state index in [0.29, 0.717) is 17.5 Å². The summed E-state index contributed by atoms with van der Waals surface area (Å²) in [6, 6.07) is 14.0. The van der Waals surface area contributed by atoms with Gasteiger partial charge in [0, 0.05) is 16.6 Å². The molecule has 0 bridgehead atoms. The van der Waals surface area contributed by atoms with Crippen molar-refractivity contribution in [1.82, 2.24) is 0 Å². The average Bonchev–Trinajstić information content (AvgIpc) is 2.46. The first-order valence-corrected chi connectivity index (χ1v) is 7.62. The Kier molecular flexibility index (Phi) is 5.27. The lowest BCUT2D eigenvalue weighted by atomic mass is 10.0. The van der Waals surface area contributed by atoms with Crippen molar-refractivity contribution in [2.24, 2.45) is 5.73 Å². The molecule has 0 unspecified atom stereocenters. The maximum atomic E-state index is 6.01. The molecule has 0 radical (unpaired) electrons. The van der Waals surface area contributed by atoms with Gasteiger partial charge in [0.15, 0.2) is 0 Å². The maximum absolute atomic E-state index is 6.01. The van der Waals surface area contributed by atoms with Crippen molar-refractivity contribution >= 4 is 11.6 Å². The van der Waals surface area contributed by atoms with Crippen LogP contribution in [-0.4, -0.2) is 0 Å². The van der Waals surface area contributed by atoms with Crippen molar-refractivity contribution in [3.63, 3.8) is 0 Å². The van der Waals surface area contributed by atoms with Crippen LogP contribution in [-0.2, 0) is 6.61 Å². The normalized spacial score (nSPS) is 12.5. The topological polar surface area (TPSA) is 35.2 Å². The summed E-state index contributed by atoms with van der Waals surface area (Å²) in [7, 11) is 0. The molecule has 0 aliphatic rings. The van der Waals surface area contributed by atoms with Crippen LogP contribution in [0.25, 0.3) is 0 Å². The fourth-order valence-electron chi connectivity index (χ4n) is 2.17. The second-order valence-corrected chi connectivity index (χ2v) is 6.09. The zero-order valence-electron chi connectivity index (χ0n) is 12.8. The zero-order valence-corrected chi connectivity index (χ0v) is 13.5. The van der Waals surface area contributed by atoms with Gasteiger partial charge in [0.05, 0.1) is 0 Å². The summed E-state index contributed by atoms with van der Waals surface area (Å²) >= 11 is 6.01. The molecule has 0 amide bonds. The number of rotatable bonds is 5. The summed E-state index contributed by atoms with van der Waals surface area (Å²) < 4.78 is 5.90. The number of benzene rings is 2. The molecule has 0 spiro atoms. The van der Waals surface area contributed by atoms with Gasteiger partial charge in [0.2, 0.25) is 0 Å². The van der Waals surface area contributed by atoms with E-state index in [-0.39, 0.29) is 6.04 Å². The molecule has 0 saturated carbocycles. The highest BCUT2D eigenvalue weighted by atomic mass is 35.5. The molecular weight excluding hydrogens is 282 g/mol. The third-order valence-electron chi connectivity index (χ3n) is 3.50. The smallest absolute Gasteiger partial charge is 0.124 e. The van der Waals surface area contributed by atoms with Crippen molar-refractivity contribution in [1.29, 1.82) is 0 Å². The molecular formula is C18H22ClNO. The number of halogens is 1. The van der Waals surface area contributed by atoms with Gasteiger partial charge >= 0.3 is 0 Å². The predicted octanol–water partition coefficient (Wildman–Crippen LogP) is 5.06. The number of hydrogen-bond donors (Lipinski definition) is 1. The van der Waals surface area contributed by atoms with E-state index in [9.17, 15) is 0 Å². The van der Waals surface area contributed by atoms with Crippen LogP contribution in [0.3, 0.4) is 0 Å². The number of hydrogen-bond acceptors (Lipinski definition) is 2. The van der Waals surface area contributed by atoms with Gasteiger partial charge in [-0.3, -0.25) is 0 Å². The van der Waals surface area contributed by atoms with E-state index in [1.165, 1.54) is 5.56 Å². The third kappa shape index (κ3) is 4.23. The fraction of sp³-hybridized carbons (Fsp3) is 0.333. The van der Waals surface area contributed by atoms with E-state index < -0.39 is 0 Å². The summed E-state index contributed by atoms with van der Waals surface area (Å²) in [5.41, 5.74) is 9.38. The summed E-state index contributed by atoms with van der Waals surface area (Å²) in [4.78, 5) is 0. The van der Waals surface area contributed by atoms with E-state index in [1.807, 2.05) is 25.1 Å². The van der Waals surface area contributed by atoms with E-state index in [1.54, 1.807) is 0 Å². The average molecular weight is 304 g/mol. The molecule has 2 N–H and O–H groups in total. The fourth-order valence-corrected chi connectivity index (χ4v) is 2.35. The van der Waals surface area contributed by atoms with Crippen LogP contribution < -0.4 is 10.5 Å². The van der Waals surface area contributed by atoms with Gasteiger partial charge in [-0.25, -0.2) is 0 Å². The van der Waals surface area contributed by atoms with Crippen LogP contribution in [0, 0.1) is 0 Å². The third-order valence-corrected chi connectivity index (χ3v) is 3.74. The van der Waals surface area contributed by atoms with Crippen LogP contribution in [0.15, 0.2) is 42.5 Å². The van der Waals surface area contributed by atoms with E-state index in [0.717, 1.165) is 16.9 Å². The SMILES string of the molecule is CC(C)c1ccc(COc2ccc(Cl)cc2[C@@H](C)N)cc1. The Bertz CT molecular complexity index is 591. The van der Waals surface area contributed by atoms with E-state index >= 15 is 0 Å². The maximum Gasteiger partial charge on any atom is 0.124 e.